The third kappa shape index (κ3) is 4.27. The highest BCUT2D eigenvalue weighted by molar-refractivity contribution is 6.30. The molecule has 0 radical (unpaired) electrons. The normalized spacial score (nSPS) is 17.8. The van der Waals surface area contributed by atoms with E-state index in [0.29, 0.717) is 46.9 Å². The van der Waals surface area contributed by atoms with Crippen molar-refractivity contribution in [1.82, 2.24) is 19.3 Å². The summed E-state index contributed by atoms with van der Waals surface area (Å²) in [5, 5.41) is 5.43. The summed E-state index contributed by atoms with van der Waals surface area (Å²) in [6.07, 6.45) is 5.09. The summed E-state index contributed by atoms with van der Waals surface area (Å²) in [4.78, 5) is 19.1. The second-order valence-corrected chi connectivity index (χ2v) is 10.4. The van der Waals surface area contributed by atoms with Crippen LogP contribution in [0.5, 0.6) is 0 Å². The van der Waals surface area contributed by atoms with Crippen LogP contribution in [0.4, 0.5) is 20.3 Å². The molecule has 198 valence electrons. The molecule has 38 heavy (non-hydrogen) atoms. The topological polar surface area (TPSA) is 65.2 Å². The van der Waals surface area contributed by atoms with Crippen LogP contribution < -0.4 is 10.5 Å². The van der Waals surface area contributed by atoms with Crippen LogP contribution in [0.1, 0.15) is 55.0 Å². The number of benzene rings is 1. The molecular formula is C28H28ClF2N5O2. The lowest BCUT2D eigenvalue weighted by atomic mass is 9.93. The van der Waals surface area contributed by atoms with Gasteiger partial charge in [-0.2, -0.15) is 5.10 Å². The summed E-state index contributed by atoms with van der Waals surface area (Å²) in [6.45, 7) is 3.02. The van der Waals surface area contributed by atoms with Crippen LogP contribution in [-0.2, 0) is 18.2 Å². The second-order valence-electron chi connectivity index (χ2n) is 10.0. The molecule has 1 fully saturated rings. The predicted octanol–water partition coefficient (Wildman–Crippen LogP) is 6.48. The molecule has 2 aliphatic rings. The van der Waals surface area contributed by atoms with E-state index in [0.717, 1.165) is 43.1 Å². The Kier molecular flexibility index (Phi) is 6.44. The second kappa shape index (κ2) is 9.78. The van der Waals surface area contributed by atoms with E-state index in [2.05, 4.69) is 10.1 Å². The first kappa shape index (κ1) is 25.0. The van der Waals surface area contributed by atoms with Gasteiger partial charge in [-0.1, -0.05) is 11.6 Å². The summed E-state index contributed by atoms with van der Waals surface area (Å²) in [5.41, 5.74) is 3.80. The van der Waals surface area contributed by atoms with Gasteiger partial charge in [0.15, 0.2) is 0 Å². The first-order valence-electron chi connectivity index (χ1n) is 12.9. The fourth-order valence-corrected chi connectivity index (χ4v) is 5.82. The molecule has 1 atom stereocenters. The zero-order valence-corrected chi connectivity index (χ0v) is 22.0. The maximum atomic E-state index is 14.5. The largest absolute Gasteiger partial charge is 0.357 e. The van der Waals surface area contributed by atoms with Gasteiger partial charge in [-0.25, -0.2) is 18.4 Å². The van der Waals surface area contributed by atoms with E-state index < -0.39 is 6.43 Å². The van der Waals surface area contributed by atoms with E-state index in [1.165, 1.54) is 0 Å². The Morgan fingerprint density at radius 1 is 1.16 bits per heavy atom. The Balaban J connectivity index is 1.48. The standard InChI is InChI=1S/C28H28ClF2N5O2/c1-16-10-21-23(34(2)28(16)37)13-24(29)33-27(21)35-8-5-6-17-11-19(20(26(30)31)12-22(17)35)18-14-32-36(15-18)25-7-3-4-9-38-25/h10-15,25-26H,3-9H2,1-2H3. The maximum Gasteiger partial charge on any atom is 0.264 e. The summed E-state index contributed by atoms with van der Waals surface area (Å²) >= 11 is 6.39. The van der Waals surface area contributed by atoms with Gasteiger partial charge in [0.05, 0.1) is 11.7 Å². The van der Waals surface area contributed by atoms with Crippen molar-refractivity contribution in [1.29, 1.82) is 0 Å². The number of aryl methyl sites for hydroxylation is 3. The molecule has 3 aromatic heterocycles. The highest BCUT2D eigenvalue weighted by atomic mass is 35.5. The smallest absolute Gasteiger partial charge is 0.264 e. The number of halogens is 3. The van der Waals surface area contributed by atoms with Crippen molar-refractivity contribution >= 4 is 34.0 Å². The van der Waals surface area contributed by atoms with Gasteiger partial charge in [0.2, 0.25) is 0 Å². The van der Waals surface area contributed by atoms with Crippen molar-refractivity contribution in [3.8, 4) is 11.1 Å². The molecule has 6 rings (SSSR count). The van der Waals surface area contributed by atoms with Gasteiger partial charge >= 0.3 is 0 Å². The average Bonchev–Trinajstić information content (AvgIpc) is 3.42. The minimum Gasteiger partial charge on any atom is -0.357 e. The Morgan fingerprint density at radius 2 is 2.00 bits per heavy atom. The molecule has 4 aromatic rings. The van der Waals surface area contributed by atoms with Crippen LogP contribution in [0.3, 0.4) is 0 Å². The van der Waals surface area contributed by atoms with E-state index in [9.17, 15) is 13.6 Å². The number of aromatic nitrogens is 4. The third-order valence-corrected chi connectivity index (χ3v) is 7.77. The van der Waals surface area contributed by atoms with Crippen LogP contribution in [0.15, 0.2) is 41.5 Å². The van der Waals surface area contributed by atoms with Crippen molar-refractivity contribution in [2.75, 3.05) is 18.1 Å². The number of ether oxygens (including phenoxy) is 1. The summed E-state index contributed by atoms with van der Waals surface area (Å²) in [5.74, 6) is 0.558. The molecule has 0 aliphatic carbocycles. The van der Waals surface area contributed by atoms with E-state index >= 15 is 0 Å². The van der Waals surface area contributed by atoms with Crippen LogP contribution in [-0.4, -0.2) is 32.5 Å². The van der Waals surface area contributed by atoms with Crippen molar-refractivity contribution in [3.63, 3.8) is 0 Å². The first-order valence-corrected chi connectivity index (χ1v) is 13.2. The SMILES string of the molecule is Cc1cc2c(N3CCCc4cc(-c5cnn(C6CCCCO6)c5)c(C(F)F)cc43)nc(Cl)cc2n(C)c1=O. The fourth-order valence-electron chi connectivity index (χ4n) is 5.64. The van der Waals surface area contributed by atoms with Crippen LogP contribution in [0.2, 0.25) is 5.15 Å². The van der Waals surface area contributed by atoms with Crippen molar-refractivity contribution in [2.24, 2.45) is 7.05 Å². The highest BCUT2D eigenvalue weighted by Gasteiger charge is 2.27. The molecule has 0 saturated carbocycles. The van der Waals surface area contributed by atoms with Gasteiger partial charge in [0.1, 0.15) is 17.2 Å². The molecule has 0 bridgehead atoms. The number of pyridine rings is 2. The molecule has 1 aromatic carbocycles. The maximum absolute atomic E-state index is 14.5. The Labute approximate surface area is 223 Å². The van der Waals surface area contributed by atoms with E-state index in [4.69, 9.17) is 16.3 Å². The molecule has 5 heterocycles. The van der Waals surface area contributed by atoms with Gasteiger partial charge in [0.25, 0.3) is 12.0 Å². The zero-order chi connectivity index (χ0) is 26.6. The van der Waals surface area contributed by atoms with Crippen LogP contribution >= 0.6 is 11.6 Å². The van der Waals surface area contributed by atoms with Gasteiger partial charge < -0.3 is 14.2 Å². The van der Waals surface area contributed by atoms with Crippen molar-refractivity contribution < 1.29 is 13.5 Å². The summed E-state index contributed by atoms with van der Waals surface area (Å²) in [7, 11) is 1.70. The summed E-state index contributed by atoms with van der Waals surface area (Å²) < 4.78 is 38.1. The lowest BCUT2D eigenvalue weighted by Gasteiger charge is -2.32. The van der Waals surface area contributed by atoms with Gasteiger partial charge in [-0.05, 0) is 68.4 Å². The number of anilines is 2. The minimum atomic E-state index is -2.68. The Morgan fingerprint density at radius 3 is 2.76 bits per heavy atom. The molecule has 2 aliphatic heterocycles. The van der Waals surface area contributed by atoms with Gasteiger partial charge in [-0.3, -0.25) is 4.79 Å². The molecule has 7 nitrogen and oxygen atoms in total. The third-order valence-electron chi connectivity index (χ3n) is 7.57. The molecule has 0 amide bonds. The van der Waals surface area contributed by atoms with Gasteiger partial charge in [0, 0.05) is 60.2 Å². The van der Waals surface area contributed by atoms with E-state index in [1.807, 2.05) is 11.0 Å². The minimum absolute atomic E-state index is 0.0605. The van der Waals surface area contributed by atoms with Crippen LogP contribution in [0.25, 0.3) is 22.0 Å². The molecule has 1 saturated heterocycles. The summed E-state index contributed by atoms with van der Waals surface area (Å²) in [6, 6.07) is 6.90. The lowest BCUT2D eigenvalue weighted by molar-refractivity contribution is -0.0394. The predicted molar refractivity (Wildman–Crippen MR) is 144 cm³/mol. The molecule has 1 unspecified atom stereocenters. The van der Waals surface area contributed by atoms with Crippen molar-refractivity contribution in [3.05, 3.63) is 68.9 Å². The highest BCUT2D eigenvalue weighted by Crippen LogP contribution is 2.43. The number of alkyl halides is 2. The molecular weight excluding hydrogens is 512 g/mol. The van der Waals surface area contributed by atoms with E-state index in [-0.39, 0.29) is 22.5 Å². The molecule has 0 N–H and O–H groups in total. The number of rotatable bonds is 4. The number of hydrogen-bond donors (Lipinski definition) is 0. The molecule has 10 heteroatoms. The Bertz CT molecular complexity index is 1590. The van der Waals surface area contributed by atoms with Crippen molar-refractivity contribution in [2.45, 2.75) is 51.7 Å². The molecule has 0 spiro atoms. The van der Waals surface area contributed by atoms with Gasteiger partial charge in [-0.15, -0.1) is 0 Å². The quantitative estimate of drug-likeness (QED) is 0.278. The Hall–Kier alpha value is -3.30. The number of hydrogen-bond acceptors (Lipinski definition) is 5. The first-order chi connectivity index (χ1) is 18.3. The lowest BCUT2D eigenvalue weighted by Crippen LogP contribution is -2.27. The zero-order valence-electron chi connectivity index (χ0n) is 21.3. The number of fused-ring (bicyclic) bond motifs is 2. The number of nitrogens with zero attached hydrogens (tertiary/aromatic N) is 5. The van der Waals surface area contributed by atoms with Crippen LogP contribution in [0, 0.1) is 6.92 Å². The van der Waals surface area contributed by atoms with E-state index in [1.54, 1.807) is 53.8 Å². The fraction of sp³-hybridized carbons (Fsp3) is 0.393. The monoisotopic (exact) mass is 539 g/mol. The average molecular weight is 540 g/mol.